The van der Waals surface area contributed by atoms with E-state index in [1.807, 2.05) is 24.3 Å². The van der Waals surface area contributed by atoms with Gasteiger partial charge in [0, 0.05) is 17.4 Å². The van der Waals surface area contributed by atoms with Crippen LogP contribution in [0.25, 0.3) is 0 Å². The first-order chi connectivity index (χ1) is 10.0. The number of nitrogens with zero attached hydrogens (tertiary/aromatic N) is 1. The minimum absolute atomic E-state index is 0.161. The number of hydrogen-bond acceptors (Lipinski definition) is 5. The number of carbonyl (C=O) groups excluding carboxylic acids is 1. The SMILES string of the molecule is O=C1OCCN1c1cccc(NC2CCS(=O)(=O)CC2)c1. The van der Waals surface area contributed by atoms with Crippen LogP contribution in [-0.2, 0) is 14.6 Å². The number of anilines is 2. The smallest absolute Gasteiger partial charge is 0.414 e. The summed E-state index contributed by atoms with van der Waals surface area (Å²) in [6, 6.07) is 7.73. The van der Waals surface area contributed by atoms with Gasteiger partial charge in [-0.3, -0.25) is 4.90 Å². The van der Waals surface area contributed by atoms with Gasteiger partial charge < -0.3 is 10.1 Å². The van der Waals surface area contributed by atoms with Crippen LogP contribution in [0.15, 0.2) is 24.3 Å². The zero-order chi connectivity index (χ0) is 14.9. The monoisotopic (exact) mass is 310 g/mol. The average molecular weight is 310 g/mol. The second kappa shape index (κ2) is 5.55. The molecule has 2 fully saturated rings. The van der Waals surface area contributed by atoms with Crippen LogP contribution in [0.5, 0.6) is 0 Å². The third kappa shape index (κ3) is 3.29. The van der Waals surface area contributed by atoms with Gasteiger partial charge in [0.25, 0.3) is 0 Å². The molecule has 1 aromatic carbocycles. The Bertz CT molecular complexity index is 630. The maximum Gasteiger partial charge on any atom is 0.414 e. The van der Waals surface area contributed by atoms with Gasteiger partial charge in [0.1, 0.15) is 16.4 Å². The molecule has 2 aliphatic heterocycles. The molecule has 0 aromatic heterocycles. The van der Waals surface area contributed by atoms with Crippen LogP contribution in [0.1, 0.15) is 12.8 Å². The summed E-state index contributed by atoms with van der Waals surface area (Å²) < 4.78 is 27.8. The van der Waals surface area contributed by atoms with E-state index in [4.69, 9.17) is 4.74 Å². The summed E-state index contributed by atoms with van der Waals surface area (Å²) in [4.78, 5) is 13.2. The Balaban J connectivity index is 1.68. The van der Waals surface area contributed by atoms with Crippen LogP contribution in [0.4, 0.5) is 16.2 Å². The molecule has 0 aliphatic carbocycles. The number of carbonyl (C=O) groups is 1. The van der Waals surface area contributed by atoms with E-state index in [-0.39, 0.29) is 23.6 Å². The second-order valence-corrected chi connectivity index (χ2v) is 7.69. The topological polar surface area (TPSA) is 75.7 Å². The van der Waals surface area contributed by atoms with Gasteiger partial charge in [0.2, 0.25) is 0 Å². The fourth-order valence-electron chi connectivity index (χ4n) is 2.66. The lowest BCUT2D eigenvalue weighted by molar-refractivity contribution is 0.181. The van der Waals surface area contributed by atoms with Crippen LogP contribution in [0.3, 0.4) is 0 Å². The molecular weight excluding hydrogens is 292 g/mol. The summed E-state index contributed by atoms with van der Waals surface area (Å²) in [6.07, 6.45) is 0.923. The number of cyclic esters (lactones) is 1. The van der Waals surface area contributed by atoms with Crippen molar-refractivity contribution in [1.82, 2.24) is 0 Å². The van der Waals surface area contributed by atoms with Gasteiger partial charge in [-0.2, -0.15) is 0 Å². The Kier molecular flexibility index (Phi) is 3.75. The minimum atomic E-state index is -2.85. The van der Waals surface area contributed by atoms with Gasteiger partial charge >= 0.3 is 6.09 Å². The summed E-state index contributed by atoms with van der Waals surface area (Å²) in [6.45, 7) is 0.973. The fourth-order valence-corrected chi connectivity index (χ4v) is 4.15. The van der Waals surface area contributed by atoms with E-state index in [2.05, 4.69) is 5.32 Å². The van der Waals surface area contributed by atoms with E-state index in [0.717, 1.165) is 11.4 Å². The molecule has 21 heavy (non-hydrogen) atoms. The Hall–Kier alpha value is -1.76. The fraction of sp³-hybridized carbons (Fsp3) is 0.500. The Labute approximate surface area is 124 Å². The average Bonchev–Trinajstić information content (AvgIpc) is 2.88. The minimum Gasteiger partial charge on any atom is -0.447 e. The maximum atomic E-state index is 11.6. The molecule has 2 heterocycles. The molecular formula is C14H18N2O4S. The molecule has 1 N–H and O–H groups in total. The molecule has 0 unspecified atom stereocenters. The molecule has 114 valence electrons. The van der Waals surface area contributed by atoms with Crippen molar-refractivity contribution in [2.45, 2.75) is 18.9 Å². The lowest BCUT2D eigenvalue weighted by Gasteiger charge is -2.24. The van der Waals surface area contributed by atoms with Crippen LogP contribution in [0, 0.1) is 0 Å². The summed E-state index contributed by atoms with van der Waals surface area (Å²) >= 11 is 0. The molecule has 0 radical (unpaired) electrons. The standard InChI is InChI=1S/C14H18N2O4S/c17-14-16(6-7-20-14)13-3-1-2-12(10-13)15-11-4-8-21(18,19)9-5-11/h1-3,10-11,15H,4-9H2. The van der Waals surface area contributed by atoms with Crippen molar-refractivity contribution < 1.29 is 17.9 Å². The van der Waals surface area contributed by atoms with Crippen molar-refractivity contribution in [2.24, 2.45) is 0 Å². The molecule has 1 amide bonds. The van der Waals surface area contributed by atoms with Crippen LogP contribution < -0.4 is 10.2 Å². The van der Waals surface area contributed by atoms with E-state index >= 15 is 0 Å². The molecule has 7 heteroatoms. The number of benzene rings is 1. The van der Waals surface area contributed by atoms with Gasteiger partial charge in [-0.1, -0.05) is 6.07 Å². The maximum absolute atomic E-state index is 11.6. The number of amides is 1. The summed E-state index contributed by atoms with van der Waals surface area (Å²) in [5, 5.41) is 3.35. The highest BCUT2D eigenvalue weighted by molar-refractivity contribution is 7.91. The van der Waals surface area contributed by atoms with Crippen molar-refractivity contribution in [3.63, 3.8) is 0 Å². The summed E-state index contributed by atoms with van der Waals surface area (Å²) in [7, 11) is -2.85. The third-order valence-electron chi connectivity index (χ3n) is 3.84. The molecule has 3 rings (SSSR count). The number of rotatable bonds is 3. The van der Waals surface area contributed by atoms with Crippen molar-refractivity contribution in [3.8, 4) is 0 Å². The zero-order valence-electron chi connectivity index (χ0n) is 11.6. The van der Waals surface area contributed by atoms with E-state index < -0.39 is 9.84 Å². The highest BCUT2D eigenvalue weighted by Crippen LogP contribution is 2.24. The molecule has 1 aromatic rings. The largest absolute Gasteiger partial charge is 0.447 e. The molecule has 2 saturated heterocycles. The Morgan fingerprint density at radius 1 is 1.24 bits per heavy atom. The van der Waals surface area contributed by atoms with Gasteiger partial charge in [-0.25, -0.2) is 13.2 Å². The highest BCUT2D eigenvalue weighted by atomic mass is 32.2. The Morgan fingerprint density at radius 3 is 2.67 bits per heavy atom. The van der Waals surface area contributed by atoms with E-state index in [1.165, 1.54) is 0 Å². The quantitative estimate of drug-likeness (QED) is 0.918. The van der Waals surface area contributed by atoms with Crippen molar-refractivity contribution in [1.29, 1.82) is 0 Å². The molecule has 0 saturated carbocycles. The van der Waals surface area contributed by atoms with Crippen LogP contribution in [-0.4, -0.2) is 45.2 Å². The Morgan fingerprint density at radius 2 is 2.00 bits per heavy atom. The van der Waals surface area contributed by atoms with Gasteiger partial charge in [-0.05, 0) is 31.0 Å². The summed E-state index contributed by atoms with van der Waals surface area (Å²) in [5.74, 6) is 0.478. The van der Waals surface area contributed by atoms with Crippen LogP contribution in [0.2, 0.25) is 0 Å². The first kappa shape index (κ1) is 14.2. The molecule has 2 aliphatic rings. The first-order valence-corrected chi connectivity index (χ1v) is 8.87. The summed E-state index contributed by atoms with van der Waals surface area (Å²) in [5.41, 5.74) is 1.70. The normalized spacial score (nSPS) is 22.1. The molecule has 0 bridgehead atoms. The molecule has 6 nitrogen and oxygen atoms in total. The van der Waals surface area contributed by atoms with Crippen molar-refractivity contribution in [2.75, 3.05) is 34.9 Å². The van der Waals surface area contributed by atoms with Crippen LogP contribution >= 0.6 is 0 Å². The van der Waals surface area contributed by atoms with E-state index in [0.29, 0.717) is 26.0 Å². The lowest BCUT2D eigenvalue weighted by Crippen LogP contribution is -2.32. The van der Waals surface area contributed by atoms with E-state index in [1.54, 1.807) is 4.90 Å². The highest BCUT2D eigenvalue weighted by Gasteiger charge is 2.25. The second-order valence-electron chi connectivity index (χ2n) is 5.39. The van der Waals surface area contributed by atoms with Crippen molar-refractivity contribution in [3.05, 3.63) is 24.3 Å². The zero-order valence-corrected chi connectivity index (χ0v) is 12.4. The molecule has 0 atom stereocenters. The number of hydrogen-bond donors (Lipinski definition) is 1. The number of sulfone groups is 1. The van der Waals surface area contributed by atoms with E-state index in [9.17, 15) is 13.2 Å². The van der Waals surface area contributed by atoms with Crippen molar-refractivity contribution >= 4 is 27.3 Å². The molecule has 0 spiro atoms. The predicted molar refractivity (Wildman–Crippen MR) is 80.4 cm³/mol. The van der Waals surface area contributed by atoms with Gasteiger partial charge in [-0.15, -0.1) is 0 Å². The number of nitrogens with one attached hydrogen (secondary N) is 1. The number of ether oxygens (including phenoxy) is 1. The first-order valence-electron chi connectivity index (χ1n) is 7.05. The lowest BCUT2D eigenvalue weighted by atomic mass is 10.1. The predicted octanol–water partition coefficient (Wildman–Crippen LogP) is 1.63. The third-order valence-corrected chi connectivity index (χ3v) is 5.56. The van der Waals surface area contributed by atoms with Gasteiger partial charge in [0.05, 0.1) is 18.1 Å². The van der Waals surface area contributed by atoms with Gasteiger partial charge in [0.15, 0.2) is 0 Å².